The number of H-pyrrole nitrogens is 1. The van der Waals surface area contributed by atoms with E-state index in [1.165, 1.54) is 5.56 Å². The summed E-state index contributed by atoms with van der Waals surface area (Å²) in [7, 11) is 0. The Bertz CT molecular complexity index is 748. The van der Waals surface area contributed by atoms with Crippen molar-refractivity contribution in [2.24, 2.45) is 0 Å². The maximum atomic E-state index is 12.5. The second-order valence-electron chi connectivity index (χ2n) is 6.60. The minimum Gasteiger partial charge on any atom is -0.459 e. The van der Waals surface area contributed by atoms with Crippen molar-refractivity contribution in [2.75, 3.05) is 6.54 Å². The summed E-state index contributed by atoms with van der Waals surface area (Å²) < 4.78 is 5.26. The molecule has 0 saturated carbocycles. The second-order valence-corrected chi connectivity index (χ2v) is 6.60. The Morgan fingerprint density at radius 1 is 1.12 bits per heavy atom. The average molecular weight is 342 g/mol. The van der Waals surface area contributed by atoms with Crippen LogP contribution in [0.4, 0.5) is 0 Å². The number of ether oxygens (including phenoxy) is 1. The van der Waals surface area contributed by atoms with Gasteiger partial charge in [0, 0.05) is 12.2 Å². The lowest BCUT2D eigenvalue weighted by atomic mass is 10.0. The van der Waals surface area contributed by atoms with Crippen molar-refractivity contribution in [2.45, 2.75) is 46.6 Å². The zero-order valence-corrected chi connectivity index (χ0v) is 15.5. The molecule has 1 aromatic heterocycles. The molecule has 0 fully saturated rings. The van der Waals surface area contributed by atoms with Crippen molar-refractivity contribution < 1.29 is 14.3 Å². The summed E-state index contributed by atoms with van der Waals surface area (Å²) in [6, 6.07) is 10.0. The van der Waals surface area contributed by atoms with Crippen molar-refractivity contribution in [3.8, 4) is 0 Å². The molecular weight excluding hydrogens is 316 g/mol. The highest BCUT2D eigenvalue weighted by Gasteiger charge is 2.23. The van der Waals surface area contributed by atoms with Crippen LogP contribution in [0, 0.1) is 13.8 Å². The molecule has 0 saturated heterocycles. The van der Waals surface area contributed by atoms with Crippen LogP contribution < -0.4 is 5.32 Å². The highest BCUT2D eigenvalue weighted by atomic mass is 16.5. The number of carbonyl (C=O) groups excluding carboxylic acids is 2. The standard InChI is InChI=1S/C20H26N2O3/c1-12(2)25-20(24)17-14(4)18(22-15(17)5)19(23)21-11-13(3)16-9-7-6-8-10-16/h6-10,12-13,22H,11H2,1-5H3,(H,21,23)/t13-/m1/s1. The van der Waals surface area contributed by atoms with Crippen LogP contribution in [-0.2, 0) is 4.74 Å². The molecule has 1 heterocycles. The van der Waals surface area contributed by atoms with Crippen LogP contribution in [0.15, 0.2) is 30.3 Å². The molecule has 5 heteroatoms. The van der Waals surface area contributed by atoms with E-state index in [1.807, 2.05) is 30.3 Å². The van der Waals surface area contributed by atoms with Crippen molar-refractivity contribution in [3.05, 3.63) is 58.4 Å². The summed E-state index contributed by atoms with van der Waals surface area (Å²) in [6.45, 7) is 9.71. The van der Waals surface area contributed by atoms with Gasteiger partial charge in [-0.05, 0) is 44.7 Å². The molecule has 0 bridgehead atoms. The maximum absolute atomic E-state index is 12.5. The van der Waals surface area contributed by atoms with Gasteiger partial charge in [0.1, 0.15) is 5.69 Å². The predicted octanol–water partition coefficient (Wildman–Crippen LogP) is 3.73. The Hall–Kier alpha value is -2.56. The van der Waals surface area contributed by atoms with E-state index in [-0.39, 0.29) is 17.9 Å². The number of hydrogen-bond acceptors (Lipinski definition) is 3. The Labute approximate surface area is 148 Å². The van der Waals surface area contributed by atoms with Gasteiger partial charge >= 0.3 is 5.97 Å². The van der Waals surface area contributed by atoms with Crippen LogP contribution in [0.3, 0.4) is 0 Å². The van der Waals surface area contributed by atoms with Gasteiger partial charge in [-0.1, -0.05) is 37.3 Å². The smallest absolute Gasteiger partial charge is 0.340 e. The zero-order chi connectivity index (χ0) is 18.6. The minimum absolute atomic E-state index is 0.201. The first-order valence-corrected chi connectivity index (χ1v) is 8.54. The molecule has 0 aliphatic heterocycles. The summed E-state index contributed by atoms with van der Waals surface area (Å²) in [5.41, 5.74) is 3.28. The number of hydrogen-bond donors (Lipinski definition) is 2. The number of amides is 1. The largest absolute Gasteiger partial charge is 0.459 e. The Kier molecular flexibility index (Phi) is 6.02. The fraction of sp³-hybridized carbons (Fsp3) is 0.400. The number of rotatable bonds is 6. The summed E-state index contributed by atoms with van der Waals surface area (Å²) in [5.74, 6) is -0.420. The van der Waals surface area contributed by atoms with E-state index in [4.69, 9.17) is 4.74 Å². The number of carbonyl (C=O) groups is 2. The molecule has 0 unspecified atom stereocenters. The molecule has 2 N–H and O–H groups in total. The predicted molar refractivity (Wildman–Crippen MR) is 98.0 cm³/mol. The Morgan fingerprint density at radius 3 is 2.36 bits per heavy atom. The van der Waals surface area contributed by atoms with E-state index >= 15 is 0 Å². The van der Waals surface area contributed by atoms with E-state index in [0.29, 0.717) is 29.1 Å². The molecule has 5 nitrogen and oxygen atoms in total. The molecule has 0 aliphatic rings. The summed E-state index contributed by atoms with van der Waals surface area (Å²) in [5, 5.41) is 2.94. The van der Waals surface area contributed by atoms with E-state index in [0.717, 1.165) is 0 Å². The average Bonchev–Trinajstić information content (AvgIpc) is 2.87. The fourth-order valence-corrected chi connectivity index (χ4v) is 2.79. The van der Waals surface area contributed by atoms with Crippen LogP contribution in [0.5, 0.6) is 0 Å². The van der Waals surface area contributed by atoms with Crippen LogP contribution >= 0.6 is 0 Å². The summed E-state index contributed by atoms with van der Waals surface area (Å²) in [6.07, 6.45) is -0.204. The van der Waals surface area contributed by atoms with E-state index < -0.39 is 5.97 Å². The van der Waals surface area contributed by atoms with Crippen LogP contribution in [0.25, 0.3) is 0 Å². The minimum atomic E-state index is -0.405. The van der Waals surface area contributed by atoms with Crippen molar-refractivity contribution in [3.63, 3.8) is 0 Å². The summed E-state index contributed by atoms with van der Waals surface area (Å²) >= 11 is 0. The lowest BCUT2D eigenvalue weighted by Gasteiger charge is -2.13. The number of aromatic nitrogens is 1. The van der Waals surface area contributed by atoms with Gasteiger partial charge in [-0.3, -0.25) is 4.79 Å². The Balaban J connectivity index is 2.08. The molecule has 0 aliphatic carbocycles. The lowest BCUT2D eigenvalue weighted by molar-refractivity contribution is 0.0376. The number of esters is 1. The van der Waals surface area contributed by atoms with E-state index in [2.05, 4.69) is 17.2 Å². The molecule has 134 valence electrons. The molecule has 2 aromatic rings. The van der Waals surface area contributed by atoms with Crippen molar-refractivity contribution in [1.82, 2.24) is 10.3 Å². The quantitative estimate of drug-likeness (QED) is 0.786. The zero-order valence-electron chi connectivity index (χ0n) is 15.5. The molecule has 25 heavy (non-hydrogen) atoms. The third-order valence-corrected chi connectivity index (χ3v) is 4.15. The molecule has 0 spiro atoms. The Morgan fingerprint density at radius 2 is 1.76 bits per heavy atom. The molecule has 0 radical (unpaired) electrons. The van der Waals surface area contributed by atoms with Gasteiger partial charge in [0.05, 0.1) is 11.7 Å². The highest BCUT2D eigenvalue weighted by molar-refractivity contribution is 6.00. The van der Waals surface area contributed by atoms with Crippen LogP contribution in [0.1, 0.15) is 64.4 Å². The normalized spacial score (nSPS) is 12.1. The maximum Gasteiger partial charge on any atom is 0.340 e. The molecular formula is C20H26N2O3. The second kappa shape index (κ2) is 8.01. The first-order chi connectivity index (χ1) is 11.8. The highest BCUT2D eigenvalue weighted by Crippen LogP contribution is 2.20. The van der Waals surface area contributed by atoms with Gasteiger partial charge in [-0.25, -0.2) is 4.79 Å². The van der Waals surface area contributed by atoms with E-state index in [9.17, 15) is 9.59 Å². The first-order valence-electron chi connectivity index (χ1n) is 8.54. The van der Waals surface area contributed by atoms with Gasteiger partial charge in [0.15, 0.2) is 0 Å². The molecule has 2 rings (SSSR count). The SMILES string of the molecule is Cc1[nH]c(C(=O)NC[C@@H](C)c2ccccc2)c(C)c1C(=O)OC(C)C. The van der Waals surface area contributed by atoms with Crippen LogP contribution in [0.2, 0.25) is 0 Å². The third kappa shape index (κ3) is 4.50. The van der Waals surface area contributed by atoms with Gasteiger partial charge in [0.25, 0.3) is 5.91 Å². The van der Waals surface area contributed by atoms with Crippen molar-refractivity contribution >= 4 is 11.9 Å². The van der Waals surface area contributed by atoms with Gasteiger partial charge in [-0.15, -0.1) is 0 Å². The van der Waals surface area contributed by atoms with Gasteiger partial charge in [-0.2, -0.15) is 0 Å². The fourth-order valence-electron chi connectivity index (χ4n) is 2.79. The van der Waals surface area contributed by atoms with Gasteiger partial charge in [0.2, 0.25) is 0 Å². The number of aromatic amines is 1. The first kappa shape index (κ1) is 18.8. The lowest BCUT2D eigenvalue weighted by Crippen LogP contribution is -2.28. The number of aryl methyl sites for hydroxylation is 1. The van der Waals surface area contributed by atoms with Gasteiger partial charge < -0.3 is 15.0 Å². The number of benzene rings is 1. The van der Waals surface area contributed by atoms with E-state index in [1.54, 1.807) is 27.7 Å². The monoisotopic (exact) mass is 342 g/mol. The topological polar surface area (TPSA) is 71.2 Å². The molecule has 1 amide bonds. The molecule has 1 atom stereocenters. The van der Waals surface area contributed by atoms with Crippen molar-refractivity contribution in [1.29, 1.82) is 0 Å². The summed E-state index contributed by atoms with van der Waals surface area (Å²) in [4.78, 5) is 27.7. The van der Waals surface area contributed by atoms with Crippen LogP contribution in [-0.4, -0.2) is 29.5 Å². The third-order valence-electron chi connectivity index (χ3n) is 4.15. The molecule has 1 aromatic carbocycles. The number of nitrogens with one attached hydrogen (secondary N) is 2.